The molecule has 0 aliphatic carbocycles. The van der Waals surface area contributed by atoms with Gasteiger partial charge in [0.05, 0.1) is 0 Å². The molecule has 0 aliphatic heterocycles. The Bertz CT molecular complexity index is 932. The van der Waals surface area contributed by atoms with Crippen LogP contribution in [0, 0.1) is 0 Å². The number of esters is 1. The maximum atomic E-state index is 11.8. The molecule has 0 aromatic heterocycles. The van der Waals surface area contributed by atoms with Gasteiger partial charge in [-0.1, -0.05) is 67.3 Å². The van der Waals surface area contributed by atoms with Gasteiger partial charge in [0.15, 0.2) is 0 Å². The molecule has 3 aromatic carbocycles. The first-order valence-electron chi connectivity index (χ1n) is 8.03. The van der Waals surface area contributed by atoms with Gasteiger partial charge in [0.1, 0.15) is 22.6 Å². The summed E-state index contributed by atoms with van der Waals surface area (Å²) in [7, 11) is 0. The van der Waals surface area contributed by atoms with Gasteiger partial charge in [-0.3, -0.25) is 0 Å². The van der Waals surface area contributed by atoms with Gasteiger partial charge >= 0.3 is 11.9 Å². The Morgan fingerprint density at radius 2 is 1.37 bits per heavy atom. The Labute approximate surface area is 156 Å². The van der Waals surface area contributed by atoms with Crippen molar-refractivity contribution in [3.05, 3.63) is 102 Å². The molecule has 0 heterocycles. The van der Waals surface area contributed by atoms with E-state index in [1.54, 1.807) is 18.2 Å². The monoisotopic (exact) mass is 362 g/mol. The first kappa shape index (κ1) is 19.5. The molecule has 0 radical (unpaired) electrons. The van der Waals surface area contributed by atoms with E-state index in [-0.39, 0.29) is 22.6 Å². The third-order valence-corrected chi connectivity index (χ3v) is 3.48. The van der Waals surface area contributed by atoms with E-state index < -0.39 is 11.9 Å². The second kappa shape index (κ2) is 9.58. The lowest BCUT2D eigenvalue weighted by Gasteiger charge is -2.07. The van der Waals surface area contributed by atoms with Crippen molar-refractivity contribution in [3.8, 4) is 11.5 Å². The molecule has 0 atom stereocenters. The number of aromatic carboxylic acids is 1. The van der Waals surface area contributed by atoms with Crippen molar-refractivity contribution >= 4 is 18.0 Å². The fraction of sp³-hybridized carbons (Fsp3) is 0. The molecule has 2 N–H and O–H groups in total. The largest absolute Gasteiger partial charge is 0.507 e. The van der Waals surface area contributed by atoms with Crippen LogP contribution in [0.3, 0.4) is 0 Å². The van der Waals surface area contributed by atoms with E-state index in [4.69, 9.17) is 9.84 Å². The van der Waals surface area contributed by atoms with Crippen LogP contribution in [-0.2, 0) is 0 Å². The minimum absolute atomic E-state index is 0.0253. The number of carboxylic acids is 1. The second-order valence-electron chi connectivity index (χ2n) is 5.32. The number of rotatable bonds is 4. The number of hydrogen-bond donors (Lipinski definition) is 2. The SMILES string of the molecule is C=Cc1ccccc1.O=C(Oc1ccccc1C(=O)O)c1ccccc1O. The molecule has 5 nitrogen and oxygen atoms in total. The van der Waals surface area contributed by atoms with Crippen LogP contribution in [0.2, 0.25) is 0 Å². The van der Waals surface area contributed by atoms with Crippen LogP contribution in [0.15, 0.2) is 85.4 Å². The Morgan fingerprint density at radius 1 is 0.815 bits per heavy atom. The Hall–Kier alpha value is -3.86. The van der Waals surface area contributed by atoms with E-state index in [0.717, 1.165) is 0 Å². The normalized spacial score (nSPS) is 9.48. The maximum Gasteiger partial charge on any atom is 0.347 e. The van der Waals surface area contributed by atoms with Gasteiger partial charge in [0.25, 0.3) is 0 Å². The highest BCUT2D eigenvalue weighted by Crippen LogP contribution is 2.22. The number of phenolic OH excluding ortho intramolecular Hbond substituents is 1. The van der Waals surface area contributed by atoms with E-state index in [1.807, 2.05) is 36.4 Å². The average molecular weight is 362 g/mol. The quantitative estimate of drug-likeness (QED) is 0.522. The summed E-state index contributed by atoms with van der Waals surface area (Å²) in [6.45, 7) is 3.63. The summed E-state index contributed by atoms with van der Waals surface area (Å²) in [5.74, 6) is -2.30. The van der Waals surface area contributed by atoms with Crippen LogP contribution < -0.4 is 4.74 Å². The lowest BCUT2D eigenvalue weighted by atomic mass is 10.2. The highest BCUT2D eigenvalue weighted by atomic mass is 16.5. The summed E-state index contributed by atoms with van der Waals surface area (Å²) >= 11 is 0. The fourth-order valence-electron chi connectivity index (χ4n) is 2.12. The van der Waals surface area contributed by atoms with Gasteiger partial charge < -0.3 is 14.9 Å². The zero-order valence-electron chi connectivity index (χ0n) is 14.4. The van der Waals surface area contributed by atoms with Crippen LogP contribution in [-0.4, -0.2) is 22.2 Å². The van der Waals surface area contributed by atoms with Gasteiger partial charge in [-0.25, -0.2) is 9.59 Å². The predicted molar refractivity (Wildman–Crippen MR) is 103 cm³/mol. The Balaban J connectivity index is 0.000000273. The first-order valence-corrected chi connectivity index (χ1v) is 8.03. The number of carbonyl (C=O) groups excluding carboxylic acids is 1. The van der Waals surface area contributed by atoms with Crippen molar-refractivity contribution in [1.29, 1.82) is 0 Å². The molecule has 3 rings (SSSR count). The average Bonchev–Trinajstić information content (AvgIpc) is 2.69. The summed E-state index contributed by atoms with van der Waals surface area (Å²) in [6, 6.07) is 21.7. The lowest BCUT2D eigenvalue weighted by molar-refractivity contribution is 0.0681. The highest BCUT2D eigenvalue weighted by Gasteiger charge is 2.17. The van der Waals surface area contributed by atoms with Gasteiger partial charge in [-0.05, 0) is 29.8 Å². The molecule has 3 aromatic rings. The molecular formula is C22H18O5. The van der Waals surface area contributed by atoms with E-state index in [1.165, 1.54) is 35.9 Å². The van der Waals surface area contributed by atoms with Crippen molar-refractivity contribution in [2.24, 2.45) is 0 Å². The zero-order valence-corrected chi connectivity index (χ0v) is 14.4. The standard InChI is InChI=1S/C14H10O5.C8H8/c15-11-7-3-1-5-9(11)14(18)19-12-8-4-2-6-10(12)13(16)17;1-2-8-6-4-3-5-7-8/h1-8,15H,(H,16,17);2-7H,1H2. The molecule has 0 saturated carbocycles. The molecule has 0 spiro atoms. The smallest absolute Gasteiger partial charge is 0.347 e. The molecule has 27 heavy (non-hydrogen) atoms. The molecule has 0 amide bonds. The van der Waals surface area contributed by atoms with Gasteiger partial charge in [0, 0.05) is 0 Å². The van der Waals surface area contributed by atoms with Gasteiger partial charge in [-0.15, -0.1) is 0 Å². The van der Waals surface area contributed by atoms with E-state index in [0.29, 0.717) is 0 Å². The fourth-order valence-corrected chi connectivity index (χ4v) is 2.12. The molecule has 5 heteroatoms. The molecule has 0 fully saturated rings. The van der Waals surface area contributed by atoms with Crippen LogP contribution in [0.25, 0.3) is 6.08 Å². The molecule has 136 valence electrons. The summed E-state index contributed by atoms with van der Waals surface area (Å²) in [5.41, 5.74) is 1.03. The minimum Gasteiger partial charge on any atom is -0.507 e. The van der Waals surface area contributed by atoms with Crippen LogP contribution in [0.5, 0.6) is 11.5 Å². The first-order chi connectivity index (χ1) is 13.0. The van der Waals surface area contributed by atoms with Crippen molar-refractivity contribution in [1.82, 2.24) is 0 Å². The molecule has 0 saturated heterocycles. The summed E-state index contributed by atoms with van der Waals surface area (Å²) < 4.78 is 4.99. The zero-order chi connectivity index (χ0) is 19.6. The molecule has 0 aliphatic rings. The third kappa shape index (κ3) is 5.57. The third-order valence-electron chi connectivity index (χ3n) is 3.48. The van der Waals surface area contributed by atoms with Crippen molar-refractivity contribution in [2.45, 2.75) is 0 Å². The van der Waals surface area contributed by atoms with Crippen molar-refractivity contribution in [2.75, 3.05) is 0 Å². The van der Waals surface area contributed by atoms with Crippen LogP contribution in [0.4, 0.5) is 0 Å². The number of phenols is 1. The maximum absolute atomic E-state index is 11.8. The number of carbonyl (C=O) groups is 2. The highest BCUT2D eigenvalue weighted by molar-refractivity contribution is 5.96. The van der Waals surface area contributed by atoms with Crippen LogP contribution >= 0.6 is 0 Å². The van der Waals surface area contributed by atoms with Gasteiger partial charge in [-0.2, -0.15) is 0 Å². The van der Waals surface area contributed by atoms with Crippen molar-refractivity contribution in [3.63, 3.8) is 0 Å². The number of carboxylic acid groups (broad SMARTS) is 1. The summed E-state index contributed by atoms with van der Waals surface area (Å²) in [6.07, 6.45) is 1.83. The van der Waals surface area contributed by atoms with Gasteiger partial charge in [0.2, 0.25) is 0 Å². The Morgan fingerprint density at radius 3 is 1.93 bits per heavy atom. The summed E-state index contributed by atoms with van der Waals surface area (Å²) in [5, 5.41) is 18.5. The lowest BCUT2D eigenvalue weighted by Crippen LogP contribution is -2.11. The number of benzene rings is 3. The summed E-state index contributed by atoms with van der Waals surface area (Å²) in [4.78, 5) is 22.8. The second-order valence-corrected chi connectivity index (χ2v) is 5.32. The topological polar surface area (TPSA) is 83.8 Å². The van der Waals surface area contributed by atoms with E-state index >= 15 is 0 Å². The molecule has 0 unspecified atom stereocenters. The number of aromatic hydroxyl groups is 1. The number of hydrogen-bond acceptors (Lipinski definition) is 4. The molecular weight excluding hydrogens is 344 g/mol. The Kier molecular flexibility index (Phi) is 6.91. The van der Waals surface area contributed by atoms with Crippen molar-refractivity contribution < 1.29 is 24.5 Å². The number of para-hydroxylation sites is 2. The number of ether oxygens (including phenoxy) is 1. The molecule has 0 bridgehead atoms. The van der Waals surface area contributed by atoms with Crippen LogP contribution in [0.1, 0.15) is 26.3 Å². The predicted octanol–water partition coefficient (Wildman–Crippen LogP) is 4.64. The van der Waals surface area contributed by atoms with E-state index in [2.05, 4.69) is 6.58 Å². The van der Waals surface area contributed by atoms with E-state index in [9.17, 15) is 14.7 Å². The minimum atomic E-state index is -1.19.